The molecule has 1 unspecified atom stereocenters. The monoisotopic (exact) mass is 455 g/mol. The van der Waals surface area contributed by atoms with Crippen molar-refractivity contribution in [2.24, 2.45) is 0 Å². The number of hydrogen-bond acceptors (Lipinski definition) is 3. The molecular weight excluding hydrogens is 437 g/mol. The molecule has 0 bridgehead atoms. The number of carbonyl (C=O) groups is 2. The van der Waals surface area contributed by atoms with Crippen molar-refractivity contribution in [3.8, 4) is 11.1 Å². The Kier molecular flexibility index (Phi) is 5.90. The van der Waals surface area contributed by atoms with Crippen molar-refractivity contribution in [3.63, 3.8) is 0 Å². The van der Waals surface area contributed by atoms with Crippen molar-refractivity contribution in [2.75, 3.05) is 13.7 Å². The summed E-state index contributed by atoms with van der Waals surface area (Å²) in [6, 6.07) is 19.1. The van der Waals surface area contributed by atoms with E-state index in [0.29, 0.717) is 5.02 Å². The lowest BCUT2D eigenvalue weighted by Crippen LogP contribution is -2.37. The van der Waals surface area contributed by atoms with Crippen LogP contribution in [0.1, 0.15) is 28.7 Å². The number of hydrogen-bond donors (Lipinski definition) is 1. The minimum Gasteiger partial charge on any atom is -0.479 e. The third kappa shape index (κ3) is 3.99. The first-order valence-electron chi connectivity index (χ1n) is 9.64. The minimum absolute atomic E-state index is 0.0901. The second-order valence-electron chi connectivity index (χ2n) is 7.32. The van der Waals surface area contributed by atoms with Gasteiger partial charge in [0, 0.05) is 28.6 Å². The molecule has 0 heterocycles. The van der Waals surface area contributed by atoms with Crippen LogP contribution in [0.4, 0.5) is 4.79 Å². The van der Waals surface area contributed by atoms with Crippen LogP contribution >= 0.6 is 23.2 Å². The first-order chi connectivity index (χ1) is 14.9. The highest BCUT2D eigenvalue weighted by Gasteiger charge is 2.33. The largest absolute Gasteiger partial charge is 0.479 e. The van der Waals surface area contributed by atoms with Gasteiger partial charge in [-0.25, -0.2) is 9.59 Å². The number of carboxylic acid groups (broad SMARTS) is 1. The van der Waals surface area contributed by atoms with Crippen molar-refractivity contribution in [3.05, 3.63) is 93.5 Å². The van der Waals surface area contributed by atoms with Gasteiger partial charge in [-0.15, -0.1) is 0 Å². The van der Waals surface area contributed by atoms with Gasteiger partial charge in [-0.3, -0.25) is 4.90 Å². The molecule has 1 atom stereocenters. The van der Waals surface area contributed by atoms with Gasteiger partial charge in [-0.1, -0.05) is 71.7 Å². The lowest BCUT2D eigenvalue weighted by molar-refractivity contribution is -0.142. The fraction of sp³-hybridized carbons (Fsp3) is 0.167. The topological polar surface area (TPSA) is 66.8 Å². The zero-order valence-corrected chi connectivity index (χ0v) is 18.1. The molecule has 3 aromatic rings. The van der Waals surface area contributed by atoms with Gasteiger partial charge in [0.05, 0.1) is 0 Å². The summed E-state index contributed by atoms with van der Waals surface area (Å²) in [5.41, 5.74) is 4.60. The van der Waals surface area contributed by atoms with Crippen LogP contribution in [0.15, 0.2) is 66.7 Å². The van der Waals surface area contributed by atoms with Gasteiger partial charge >= 0.3 is 12.1 Å². The Morgan fingerprint density at radius 2 is 1.58 bits per heavy atom. The second kappa shape index (κ2) is 8.61. The average Bonchev–Trinajstić information content (AvgIpc) is 3.08. The van der Waals surface area contributed by atoms with Gasteiger partial charge in [-0.2, -0.15) is 0 Å². The number of aliphatic carboxylic acids is 1. The van der Waals surface area contributed by atoms with E-state index in [-0.39, 0.29) is 23.1 Å². The molecular formula is C24H19Cl2NO4. The van der Waals surface area contributed by atoms with Gasteiger partial charge in [0.25, 0.3) is 0 Å². The molecule has 1 aliphatic rings. The fourth-order valence-electron chi connectivity index (χ4n) is 4.03. The zero-order chi connectivity index (χ0) is 22.1. The smallest absolute Gasteiger partial charge is 0.410 e. The van der Waals surface area contributed by atoms with E-state index in [2.05, 4.69) is 0 Å². The van der Waals surface area contributed by atoms with Gasteiger partial charge in [-0.05, 0) is 40.5 Å². The first-order valence-corrected chi connectivity index (χ1v) is 10.4. The van der Waals surface area contributed by atoms with E-state index in [1.165, 1.54) is 19.2 Å². The molecule has 0 saturated heterocycles. The van der Waals surface area contributed by atoms with Crippen LogP contribution < -0.4 is 0 Å². The Morgan fingerprint density at radius 3 is 2.16 bits per heavy atom. The SMILES string of the molecule is CN(C(=O)OCC1c2ccccc2-c2ccccc21)C(C(=O)O)c1cc(Cl)ccc1Cl. The van der Waals surface area contributed by atoms with Crippen molar-refractivity contribution < 1.29 is 19.4 Å². The van der Waals surface area contributed by atoms with Crippen LogP contribution in [-0.4, -0.2) is 35.7 Å². The predicted octanol–water partition coefficient (Wildman–Crippen LogP) is 6.00. The summed E-state index contributed by atoms with van der Waals surface area (Å²) in [6.07, 6.45) is -0.759. The van der Waals surface area contributed by atoms with Crippen LogP contribution in [0.25, 0.3) is 11.1 Å². The molecule has 3 aromatic carbocycles. The third-order valence-electron chi connectivity index (χ3n) is 5.50. The molecule has 0 radical (unpaired) electrons. The number of rotatable bonds is 5. The van der Waals surface area contributed by atoms with Crippen molar-refractivity contribution >= 4 is 35.3 Å². The highest BCUT2D eigenvalue weighted by Crippen LogP contribution is 2.44. The molecule has 7 heteroatoms. The fourth-order valence-corrected chi connectivity index (χ4v) is 4.43. The van der Waals surface area contributed by atoms with E-state index in [1.54, 1.807) is 6.07 Å². The number of nitrogens with zero attached hydrogens (tertiary/aromatic N) is 1. The molecule has 0 fully saturated rings. The molecule has 1 amide bonds. The zero-order valence-electron chi connectivity index (χ0n) is 16.6. The summed E-state index contributed by atoms with van der Waals surface area (Å²) in [5.74, 6) is -1.36. The van der Waals surface area contributed by atoms with Gasteiger partial charge in [0.2, 0.25) is 0 Å². The molecule has 0 aliphatic heterocycles. The Hall–Kier alpha value is -3.02. The Morgan fingerprint density at radius 1 is 1.00 bits per heavy atom. The molecule has 0 spiro atoms. The number of fused-ring (bicyclic) bond motifs is 3. The summed E-state index contributed by atoms with van der Waals surface area (Å²) < 4.78 is 5.57. The number of carboxylic acids is 1. The minimum atomic E-state index is -1.33. The first kappa shape index (κ1) is 21.2. The van der Waals surface area contributed by atoms with Gasteiger partial charge in [0.15, 0.2) is 6.04 Å². The number of carbonyl (C=O) groups excluding carboxylic acids is 1. The van der Waals surface area contributed by atoms with Crippen LogP contribution in [0.5, 0.6) is 0 Å². The predicted molar refractivity (Wildman–Crippen MR) is 120 cm³/mol. The lowest BCUT2D eigenvalue weighted by atomic mass is 9.98. The van der Waals surface area contributed by atoms with Crippen LogP contribution in [0.3, 0.4) is 0 Å². The van der Waals surface area contributed by atoms with Crippen LogP contribution in [0.2, 0.25) is 10.0 Å². The normalized spacial score (nSPS) is 13.3. The highest BCUT2D eigenvalue weighted by molar-refractivity contribution is 6.33. The van der Waals surface area contributed by atoms with E-state index in [4.69, 9.17) is 27.9 Å². The van der Waals surface area contributed by atoms with Crippen LogP contribution in [-0.2, 0) is 9.53 Å². The van der Waals surface area contributed by atoms with E-state index in [0.717, 1.165) is 27.2 Å². The quantitative estimate of drug-likeness (QED) is 0.512. The molecule has 0 saturated carbocycles. The number of benzene rings is 3. The second-order valence-corrected chi connectivity index (χ2v) is 8.17. The molecule has 5 nitrogen and oxygen atoms in total. The van der Waals surface area contributed by atoms with Gasteiger partial charge in [0.1, 0.15) is 6.61 Å². The molecule has 0 aromatic heterocycles. The standard InChI is InChI=1S/C24H19Cl2NO4/c1-27(22(23(28)29)19-12-14(25)10-11-21(19)26)24(30)31-13-20-17-8-4-2-6-15(17)16-7-3-5-9-18(16)20/h2-12,20,22H,13H2,1H3,(H,28,29). The highest BCUT2D eigenvalue weighted by atomic mass is 35.5. The molecule has 1 N–H and O–H groups in total. The van der Waals surface area contributed by atoms with E-state index in [9.17, 15) is 14.7 Å². The summed E-state index contributed by atoms with van der Waals surface area (Å²) >= 11 is 12.2. The molecule has 158 valence electrons. The molecule has 1 aliphatic carbocycles. The van der Waals surface area contributed by atoms with Crippen molar-refractivity contribution in [1.82, 2.24) is 4.90 Å². The maximum absolute atomic E-state index is 12.8. The number of ether oxygens (including phenoxy) is 1. The maximum atomic E-state index is 12.8. The molecule has 31 heavy (non-hydrogen) atoms. The summed E-state index contributed by atoms with van der Waals surface area (Å²) in [7, 11) is 1.37. The van der Waals surface area contributed by atoms with Crippen LogP contribution in [0, 0.1) is 0 Å². The van der Waals surface area contributed by atoms with E-state index >= 15 is 0 Å². The number of amides is 1. The van der Waals surface area contributed by atoms with E-state index < -0.39 is 18.1 Å². The Labute approximate surface area is 189 Å². The van der Waals surface area contributed by atoms with Gasteiger partial charge < -0.3 is 9.84 Å². The molecule has 4 rings (SSSR count). The Bertz CT molecular complexity index is 1120. The van der Waals surface area contributed by atoms with Crippen molar-refractivity contribution in [1.29, 1.82) is 0 Å². The summed E-state index contributed by atoms with van der Waals surface area (Å²) in [6.45, 7) is 0.0901. The third-order valence-corrected chi connectivity index (χ3v) is 6.08. The number of likely N-dealkylation sites (N-methyl/N-ethyl adjacent to an activating group) is 1. The lowest BCUT2D eigenvalue weighted by Gasteiger charge is -2.26. The Balaban J connectivity index is 1.56. The number of halogens is 2. The van der Waals surface area contributed by atoms with Crippen molar-refractivity contribution in [2.45, 2.75) is 12.0 Å². The summed E-state index contributed by atoms with van der Waals surface area (Å²) in [5, 5.41) is 10.3. The average molecular weight is 456 g/mol. The summed E-state index contributed by atoms with van der Waals surface area (Å²) in [4.78, 5) is 25.8. The van der Waals surface area contributed by atoms with E-state index in [1.807, 2.05) is 48.5 Å². The maximum Gasteiger partial charge on any atom is 0.410 e.